The highest BCUT2D eigenvalue weighted by Gasteiger charge is 2.34. The third-order valence-corrected chi connectivity index (χ3v) is 7.42. The number of fused-ring (bicyclic) bond motifs is 4. The van der Waals surface area contributed by atoms with E-state index in [9.17, 15) is 9.59 Å². The monoisotopic (exact) mass is 479 g/mol. The first-order valence-corrected chi connectivity index (χ1v) is 12.1. The van der Waals surface area contributed by atoms with Gasteiger partial charge in [-0.25, -0.2) is 19.3 Å². The van der Waals surface area contributed by atoms with Gasteiger partial charge in [0.05, 0.1) is 30.5 Å². The van der Waals surface area contributed by atoms with Crippen LogP contribution in [-0.4, -0.2) is 57.5 Å². The average Bonchev–Trinajstić information content (AvgIpc) is 3.50. The molecule has 1 unspecified atom stereocenters. The van der Waals surface area contributed by atoms with E-state index in [2.05, 4.69) is 25.9 Å². The van der Waals surface area contributed by atoms with Gasteiger partial charge in [-0.05, 0) is 43.7 Å². The van der Waals surface area contributed by atoms with Gasteiger partial charge in [0, 0.05) is 32.5 Å². The van der Waals surface area contributed by atoms with Crippen molar-refractivity contribution in [3.05, 3.63) is 40.6 Å². The van der Waals surface area contributed by atoms with Crippen molar-refractivity contribution >= 4 is 34.4 Å². The Balaban J connectivity index is 1.48. The number of hydrogen-bond acceptors (Lipinski definition) is 8. The van der Waals surface area contributed by atoms with Crippen LogP contribution in [0.4, 0.5) is 22.0 Å². The largest absolute Gasteiger partial charge is 0.386 e. The molecule has 1 amide bonds. The van der Waals surface area contributed by atoms with Crippen molar-refractivity contribution in [1.82, 2.24) is 24.4 Å². The Morgan fingerprint density at radius 3 is 2.83 bits per heavy atom. The summed E-state index contributed by atoms with van der Waals surface area (Å²) in [5.41, 5.74) is 2.87. The van der Waals surface area contributed by atoms with E-state index in [0.29, 0.717) is 35.0 Å². The number of carbonyl (C=O) groups excluding carboxylic acids is 1. The molecule has 0 saturated heterocycles. The molecule has 3 aromatic rings. The van der Waals surface area contributed by atoms with Crippen LogP contribution in [0, 0.1) is 0 Å². The maximum Gasteiger partial charge on any atom is 0.328 e. The first-order valence-electron chi connectivity index (χ1n) is 12.1. The van der Waals surface area contributed by atoms with Crippen LogP contribution in [0.2, 0.25) is 0 Å². The third kappa shape index (κ3) is 3.84. The standard InChI is InChI=1S/C24H29N7O4/c1-25-17-9-20-27-18-7-13(10-30(23(18)32)14-3-4-15(8-14)34-2)11-35-19-6-5-16(19)28-24(33)31-12-26-21(17)22(31)29-20/h7,9-10,12,14-16,19H,3-6,8,11H2,1-2H3,(H,28,33)(H2,25,27,29)/t14?,15-,16+,19+/m0/s1. The van der Waals surface area contributed by atoms with Crippen molar-refractivity contribution in [3.8, 4) is 0 Å². The van der Waals surface area contributed by atoms with Crippen LogP contribution in [-0.2, 0) is 16.1 Å². The number of hydrogen-bond donors (Lipinski definition) is 3. The van der Waals surface area contributed by atoms with Gasteiger partial charge < -0.3 is 30.0 Å². The van der Waals surface area contributed by atoms with Crippen LogP contribution < -0.4 is 21.5 Å². The van der Waals surface area contributed by atoms with Crippen molar-refractivity contribution in [3.63, 3.8) is 0 Å². The van der Waals surface area contributed by atoms with Crippen LogP contribution in [0.3, 0.4) is 0 Å². The molecule has 4 atom stereocenters. The van der Waals surface area contributed by atoms with Gasteiger partial charge in [-0.2, -0.15) is 0 Å². The van der Waals surface area contributed by atoms with Crippen LogP contribution >= 0.6 is 0 Å². The molecule has 3 aliphatic rings. The van der Waals surface area contributed by atoms with Gasteiger partial charge in [0.2, 0.25) is 0 Å². The van der Waals surface area contributed by atoms with Gasteiger partial charge in [0.15, 0.2) is 5.65 Å². The van der Waals surface area contributed by atoms with Crippen molar-refractivity contribution in [1.29, 1.82) is 0 Å². The molecule has 2 aliphatic carbocycles. The van der Waals surface area contributed by atoms with E-state index in [-0.39, 0.29) is 35.9 Å². The maximum absolute atomic E-state index is 13.6. The Morgan fingerprint density at radius 2 is 2.09 bits per heavy atom. The molecule has 4 bridgehead atoms. The van der Waals surface area contributed by atoms with Crippen molar-refractivity contribution in [2.75, 3.05) is 24.8 Å². The molecular formula is C24H29N7O4. The minimum Gasteiger partial charge on any atom is -0.386 e. The SMILES string of the molecule is CNc1cc2nc3c1ncn3C(=O)N[C@@H]1CC[C@H]1OCc1cc(c(=O)n(C3CC[C@H](OC)C3)c1)N2. The summed E-state index contributed by atoms with van der Waals surface area (Å²) in [6.45, 7) is 0.344. The molecule has 0 radical (unpaired) electrons. The molecule has 35 heavy (non-hydrogen) atoms. The number of rotatable bonds is 3. The number of nitrogens with one attached hydrogen (secondary N) is 3. The van der Waals surface area contributed by atoms with Gasteiger partial charge in [-0.3, -0.25) is 4.79 Å². The summed E-state index contributed by atoms with van der Waals surface area (Å²) in [7, 11) is 3.50. The topological polar surface area (TPSA) is 124 Å². The number of pyridine rings is 2. The molecule has 11 heteroatoms. The van der Waals surface area contributed by atoms with Gasteiger partial charge in [-0.1, -0.05) is 0 Å². The molecule has 4 heterocycles. The van der Waals surface area contributed by atoms with Gasteiger partial charge in [0.25, 0.3) is 5.56 Å². The molecule has 11 nitrogen and oxygen atoms in total. The number of ether oxygens (including phenoxy) is 2. The first-order chi connectivity index (χ1) is 17.0. The zero-order valence-electron chi connectivity index (χ0n) is 19.8. The molecule has 0 spiro atoms. The zero-order chi connectivity index (χ0) is 24.1. The molecular weight excluding hydrogens is 450 g/mol. The summed E-state index contributed by atoms with van der Waals surface area (Å²) in [4.78, 5) is 35.6. The molecule has 0 aromatic carbocycles. The Hall–Kier alpha value is -3.44. The lowest BCUT2D eigenvalue weighted by Crippen LogP contribution is -2.52. The Labute approximate surface area is 201 Å². The lowest BCUT2D eigenvalue weighted by Gasteiger charge is -2.36. The second-order valence-corrected chi connectivity index (χ2v) is 9.50. The average molecular weight is 480 g/mol. The summed E-state index contributed by atoms with van der Waals surface area (Å²) in [5, 5.41) is 9.38. The summed E-state index contributed by atoms with van der Waals surface area (Å²) in [5.74, 6) is 0.442. The summed E-state index contributed by atoms with van der Waals surface area (Å²) >= 11 is 0. The van der Waals surface area contributed by atoms with E-state index in [4.69, 9.17) is 9.47 Å². The Bertz CT molecular complexity index is 1350. The number of aromatic nitrogens is 4. The normalized spacial score (nSPS) is 25.9. The van der Waals surface area contributed by atoms with E-state index >= 15 is 0 Å². The quantitative estimate of drug-likeness (QED) is 0.524. The second kappa shape index (κ2) is 8.65. The first kappa shape index (κ1) is 22.1. The van der Waals surface area contributed by atoms with Crippen LogP contribution in [0.1, 0.15) is 43.7 Å². The fraction of sp³-hybridized carbons (Fsp3) is 0.500. The van der Waals surface area contributed by atoms with E-state index in [1.807, 2.05) is 16.8 Å². The van der Waals surface area contributed by atoms with Gasteiger partial charge in [0.1, 0.15) is 23.3 Å². The fourth-order valence-electron chi connectivity index (χ4n) is 5.28. The predicted molar refractivity (Wildman–Crippen MR) is 130 cm³/mol. The van der Waals surface area contributed by atoms with E-state index < -0.39 is 0 Å². The van der Waals surface area contributed by atoms with Crippen LogP contribution in [0.5, 0.6) is 0 Å². The zero-order valence-corrected chi connectivity index (χ0v) is 19.8. The summed E-state index contributed by atoms with van der Waals surface area (Å²) < 4.78 is 14.9. The molecule has 6 rings (SSSR count). The maximum atomic E-state index is 13.6. The van der Waals surface area contributed by atoms with Crippen LogP contribution in [0.15, 0.2) is 29.5 Å². The van der Waals surface area contributed by atoms with Crippen molar-refractivity contribution in [2.24, 2.45) is 0 Å². The minimum atomic E-state index is -0.302. The number of carbonyl (C=O) groups is 1. The number of anilines is 3. The van der Waals surface area contributed by atoms with E-state index in [1.54, 1.807) is 20.2 Å². The molecule has 2 fully saturated rings. The number of imidazole rings is 1. The number of nitrogens with zero attached hydrogens (tertiary/aromatic N) is 4. The van der Waals surface area contributed by atoms with E-state index in [1.165, 1.54) is 10.9 Å². The van der Waals surface area contributed by atoms with Crippen molar-refractivity contribution < 1.29 is 14.3 Å². The highest BCUT2D eigenvalue weighted by Crippen LogP contribution is 2.32. The van der Waals surface area contributed by atoms with Crippen molar-refractivity contribution in [2.45, 2.75) is 63.0 Å². The molecule has 3 aromatic heterocycles. The number of methoxy groups -OCH3 is 1. The molecule has 1 aliphatic heterocycles. The highest BCUT2D eigenvalue weighted by molar-refractivity contribution is 5.94. The minimum absolute atomic E-state index is 0.0623. The summed E-state index contributed by atoms with van der Waals surface area (Å²) in [6, 6.07) is 3.30. The fourth-order valence-corrected chi connectivity index (χ4v) is 5.28. The molecule has 3 N–H and O–H groups in total. The van der Waals surface area contributed by atoms with Crippen LogP contribution in [0.25, 0.3) is 11.2 Å². The lowest BCUT2D eigenvalue weighted by molar-refractivity contribution is -0.0325. The smallest absolute Gasteiger partial charge is 0.328 e. The summed E-state index contributed by atoms with van der Waals surface area (Å²) in [6.07, 6.45) is 7.75. The highest BCUT2D eigenvalue weighted by atomic mass is 16.5. The molecule has 184 valence electrons. The Kier molecular flexibility index (Phi) is 5.45. The predicted octanol–water partition coefficient (Wildman–Crippen LogP) is 2.74. The Morgan fingerprint density at radius 1 is 1.20 bits per heavy atom. The second-order valence-electron chi connectivity index (χ2n) is 9.50. The number of amides is 1. The lowest BCUT2D eigenvalue weighted by atomic mass is 9.89. The molecule has 2 saturated carbocycles. The van der Waals surface area contributed by atoms with E-state index in [0.717, 1.165) is 37.7 Å². The van der Waals surface area contributed by atoms with Gasteiger partial charge >= 0.3 is 6.03 Å². The third-order valence-electron chi connectivity index (χ3n) is 7.42. The van der Waals surface area contributed by atoms with Gasteiger partial charge in [-0.15, -0.1) is 0 Å².